The molecule has 1 saturated heterocycles. The van der Waals surface area contributed by atoms with Gasteiger partial charge in [-0.1, -0.05) is 20.8 Å². The van der Waals surface area contributed by atoms with Crippen molar-refractivity contribution in [2.24, 2.45) is 16.7 Å². The number of carbonyl (C=O) groups is 1. The fraction of sp³-hybridized carbons (Fsp3) is 0.650. The zero-order chi connectivity index (χ0) is 16.7. The van der Waals surface area contributed by atoms with Crippen LogP contribution in [0.1, 0.15) is 56.8 Å². The fourth-order valence-corrected chi connectivity index (χ4v) is 4.55. The van der Waals surface area contributed by atoms with Gasteiger partial charge in [0.1, 0.15) is 5.82 Å². The molecule has 0 aromatic heterocycles. The lowest BCUT2D eigenvalue weighted by atomic mass is 9.63. The van der Waals surface area contributed by atoms with E-state index in [-0.39, 0.29) is 11.6 Å². The second kappa shape index (κ2) is 6.01. The number of benzene rings is 1. The van der Waals surface area contributed by atoms with Crippen LogP contribution in [0, 0.1) is 22.6 Å². The van der Waals surface area contributed by atoms with Gasteiger partial charge in [-0.05, 0) is 66.8 Å². The minimum absolute atomic E-state index is 0.122. The molecule has 3 heteroatoms. The summed E-state index contributed by atoms with van der Waals surface area (Å²) in [5.74, 6) is 0.617. The normalized spacial score (nSPS) is 29.7. The Kier molecular flexibility index (Phi) is 4.35. The maximum absolute atomic E-state index is 12.9. The molecule has 2 bridgehead atoms. The molecule has 0 radical (unpaired) electrons. The number of halogens is 1. The molecule has 1 aromatic rings. The smallest absolute Gasteiger partial charge is 0.162 e. The van der Waals surface area contributed by atoms with E-state index >= 15 is 0 Å². The Hall–Kier alpha value is -1.22. The highest BCUT2D eigenvalue weighted by atomic mass is 19.1. The van der Waals surface area contributed by atoms with E-state index in [1.807, 2.05) is 0 Å². The van der Waals surface area contributed by atoms with Crippen LogP contribution >= 0.6 is 0 Å². The average Bonchev–Trinajstić information content (AvgIpc) is 2.65. The number of Topliss-reactive ketones (excluding diaryl/α,β-unsaturated/α-hetero) is 1. The number of carbonyl (C=O) groups excluding carboxylic acids is 1. The first-order valence-electron chi connectivity index (χ1n) is 8.83. The summed E-state index contributed by atoms with van der Waals surface area (Å²) in [6, 6.07) is 5.89. The van der Waals surface area contributed by atoms with Crippen LogP contribution in [0.3, 0.4) is 0 Å². The molecule has 1 saturated carbocycles. The number of nitrogens with zero attached hydrogens (tertiary/aromatic N) is 1. The van der Waals surface area contributed by atoms with Crippen molar-refractivity contribution in [2.75, 3.05) is 19.6 Å². The first-order chi connectivity index (χ1) is 10.8. The molecule has 1 aliphatic heterocycles. The molecule has 2 unspecified atom stereocenters. The Morgan fingerprint density at radius 2 is 1.96 bits per heavy atom. The molecular weight excluding hydrogens is 289 g/mol. The van der Waals surface area contributed by atoms with E-state index in [2.05, 4.69) is 25.7 Å². The van der Waals surface area contributed by atoms with Gasteiger partial charge in [-0.3, -0.25) is 4.79 Å². The van der Waals surface area contributed by atoms with Gasteiger partial charge < -0.3 is 4.90 Å². The molecule has 126 valence electrons. The third-order valence-corrected chi connectivity index (χ3v) is 6.72. The summed E-state index contributed by atoms with van der Waals surface area (Å²) in [6.45, 7) is 10.6. The van der Waals surface area contributed by atoms with E-state index in [0.29, 0.717) is 22.8 Å². The van der Waals surface area contributed by atoms with E-state index < -0.39 is 0 Å². The molecule has 2 atom stereocenters. The van der Waals surface area contributed by atoms with Crippen LogP contribution in [0.4, 0.5) is 4.39 Å². The van der Waals surface area contributed by atoms with Crippen LogP contribution in [0.15, 0.2) is 24.3 Å². The summed E-state index contributed by atoms with van der Waals surface area (Å²) in [5, 5.41) is 0. The lowest BCUT2D eigenvalue weighted by Gasteiger charge is -2.50. The molecule has 0 spiro atoms. The van der Waals surface area contributed by atoms with Crippen molar-refractivity contribution in [1.29, 1.82) is 0 Å². The Balaban J connectivity index is 1.50. The van der Waals surface area contributed by atoms with Crippen LogP contribution in [0.25, 0.3) is 0 Å². The van der Waals surface area contributed by atoms with E-state index in [0.717, 1.165) is 25.4 Å². The first kappa shape index (κ1) is 16.6. The number of fused-ring (bicyclic) bond motifs is 2. The van der Waals surface area contributed by atoms with Crippen LogP contribution in [-0.2, 0) is 0 Å². The Morgan fingerprint density at radius 3 is 2.61 bits per heavy atom. The number of rotatable bonds is 5. The van der Waals surface area contributed by atoms with Crippen molar-refractivity contribution < 1.29 is 9.18 Å². The Labute approximate surface area is 139 Å². The van der Waals surface area contributed by atoms with E-state index in [4.69, 9.17) is 0 Å². The minimum Gasteiger partial charge on any atom is -0.302 e. The fourth-order valence-electron chi connectivity index (χ4n) is 4.55. The summed E-state index contributed by atoms with van der Waals surface area (Å²) in [6.07, 6.45) is 4.11. The van der Waals surface area contributed by atoms with Gasteiger partial charge in [-0.25, -0.2) is 4.39 Å². The maximum atomic E-state index is 12.9. The zero-order valence-corrected chi connectivity index (χ0v) is 14.6. The third-order valence-electron chi connectivity index (χ3n) is 6.72. The predicted molar refractivity (Wildman–Crippen MR) is 91.0 cm³/mol. The molecule has 1 aliphatic carbocycles. The van der Waals surface area contributed by atoms with Gasteiger partial charge in [0.2, 0.25) is 0 Å². The average molecular weight is 317 g/mol. The van der Waals surface area contributed by atoms with Crippen molar-refractivity contribution >= 4 is 5.78 Å². The van der Waals surface area contributed by atoms with Crippen LogP contribution < -0.4 is 0 Å². The van der Waals surface area contributed by atoms with Gasteiger partial charge in [0.15, 0.2) is 5.78 Å². The molecular formula is C20H28FNO. The van der Waals surface area contributed by atoms with Crippen LogP contribution in [-0.4, -0.2) is 30.3 Å². The standard InChI is InChI=1S/C20H28FNO/c1-19(2)16-10-11-20(19,3)14-22(13-16)12-4-5-18(23)15-6-8-17(21)9-7-15/h6-9,16H,4-5,10-14H2,1-3H3. The number of piperidine rings is 1. The molecule has 2 aliphatic rings. The van der Waals surface area contributed by atoms with E-state index in [9.17, 15) is 9.18 Å². The quantitative estimate of drug-likeness (QED) is 0.743. The number of ketones is 1. The number of likely N-dealkylation sites (tertiary alicyclic amines) is 1. The first-order valence-corrected chi connectivity index (χ1v) is 8.83. The van der Waals surface area contributed by atoms with E-state index in [1.54, 1.807) is 12.1 Å². The lowest BCUT2D eigenvalue weighted by molar-refractivity contribution is -0.0178. The number of hydrogen-bond acceptors (Lipinski definition) is 2. The summed E-state index contributed by atoms with van der Waals surface area (Å²) in [7, 11) is 0. The molecule has 23 heavy (non-hydrogen) atoms. The Morgan fingerprint density at radius 1 is 1.26 bits per heavy atom. The summed E-state index contributed by atoms with van der Waals surface area (Å²) in [4.78, 5) is 14.7. The second-order valence-corrected chi connectivity index (χ2v) is 8.29. The topological polar surface area (TPSA) is 20.3 Å². The van der Waals surface area contributed by atoms with Crippen molar-refractivity contribution in [3.05, 3.63) is 35.6 Å². The van der Waals surface area contributed by atoms with Crippen molar-refractivity contribution in [3.8, 4) is 0 Å². The third kappa shape index (κ3) is 3.08. The monoisotopic (exact) mass is 317 g/mol. The highest BCUT2D eigenvalue weighted by molar-refractivity contribution is 5.95. The minimum atomic E-state index is -0.291. The van der Waals surface area contributed by atoms with Gasteiger partial charge in [-0.15, -0.1) is 0 Å². The highest BCUT2D eigenvalue weighted by Crippen LogP contribution is 2.58. The van der Waals surface area contributed by atoms with Crippen LogP contribution in [0.5, 0.6) is 0 Å². The van der Waals surface area contributed by atoms with Gasteiger partial charge in [0, 0.05) is 25.1 Å². The molecule has 3 rings (SSSR count). The molecule has 1 aromatic carbocycles. The Bertz CT molecular complexity index is 580. The highest BCUT2D eigenvalue weighted by Gasteiger charge is 2.55. The lowest BCUT2D eigenvalue weighted by Crippen LogP contribution is -2.52. The maximum Gasteiger partial charge on any atom is 0.162 e. The van der Waals surface area contributed by atoms with Crippen molar-refractivity contribution in [1.82, 2.24) is 4.90 Å². The zero-order valence-electron chi connectivity index (χ0n) is 14.6. The van der Waals surface area contributed by atoms with Gasteiger partial charge >= 0.3 is 0 Å². The molecule has 0 N–H and O–H groups in total. The largest absolute Gasteiger partial charge is 0.302 e. The molecule has 0 amide bonds. The summed E-state index contributed by atoms with van der Waals surface area (Å²) in [5.41, 5.74) is 1.47. The van der Waals surface area contributed by atoms with Gasteiger partial charge in [0.25, 0.3) is 0 Å². The SMILES string of the molecule is CC12CCC(CN(CCCC(=O)c3ccc(F)cc3)C1)C2(C)C. The molecule has 2 fully saturated rings. The van der Waals surface area contributed by atoms with Crippen molar-refractivity contribution in [3.63, 3.8) is 0 Å². The second-order valence-electron chi connectivity index (χ2n) is 8.29. The summed E-state index contributed by atoms with van der Waals surface area (Å²) < 4.78 is 12.9. The molecule has 1 heterocycles. The molecule has 2 nitrogen and oxygen atoms in total. The number of hydrogen-bond donors (Lipinski definition) is 0. The summed E-state index contributed by atoms with van der Waals surface area (Å²) >= 11 is 0. The van der Waals surface area contributed by atoms with Crippen LogP contribution in [0.2, 0.25) is 0 Å². The van der Waals surface area contributed by atoms with Gasteiger partial charge in [0.05, 0.1) is 0 Å². The van der Waals surface area contributed by atoms with Gasteiger partial charge in [-0.2, -0.15) is 0 Å². The van der Waals surface area contributed by atoms with E-state index in [1.165, 1.54) is 31.5 Å². The van der Waals surface area contributed by atoms with Crippen molar-refractivity contribution in [2.45, 2.75) is 46.5 Å². The predicted octanol–water partition coefficient (Wildman–Crippen LogP) is 4.55.